The molecule has 1 amide bonds. The Bertz CT molecular complexity index is 466. The van der Waals surface area contributed by atoms with E-state index in [9.17, 15) is 4.79 Å². The van der Waals surface area contributed by atoms with E-state index in [2.05, 4.69) is 15.2 Å². The summed E-state index contributed by atoms with van der Waals surface area (Å²) in [7, 11) is 0. The van der Waals surface area contributed by atoms with E-state index in [0.717, 1.165) is 12.4 Å². The number of ether oxygens (including phenoxy) is 1. The van der Waals surface area contributed by atoms with Crippen LogP contribution in [0.1, 0.15) is 6.42 Å². The number of nitrogens with one attached hydrogen (secondary N) is 1. The lowest BCUT2D eigenvalue weighted by Crippen LogP contribution is -2.46. The Kier molecular flexibility index (Phi) is 2.64. The largest absolute Gasteiger partial charge is 0.377 e. The summed E-state index contributed by atoms with van der Waals surface area (Å²) in [5.41, 5.74) is 0.687. The van der Waals surface area contributed by atoms with Crippen LogP contribution in [0.25, 0.3) is 0 Å². The zero-order chi connectivity index (χ0) is 11.8. The van der Waals surface area contributed by atoms with Crippen LogP contribution in [0, 0.1) is 0 Å². The van der Waals surface area contributed by atoms with Crippen molar-refractivity contribution in [3.63, 3.8) is 0 Å². The molecule has 1 unspecified atom stereocenters. The molecule has 90 valence electrons. The molecule has 17 heavy (non-hydrogen) atoms. The number of morpholine rings is 1. The quantitative estimate of drug-likeness (QED) is 0.757. The first kappa shape index (κ1) is 10.8. The SMILES string of the molecule is O=C1CC2COCCN2c2ncc(Cl)cc2N1. The van der Waals surface area contributed by atoms with Crippen LogP contribution in [-0.4, -0.2) is 36.7 Å². The third kappa shape index (κ3) is 1.96. The van der Waals surface area contributed by atoms with Crippen molar-refractivity contribution >= 4 is 29.0 Å². The van der Waals surface area contributed by atoms with Crippen LogP contribution in [0.4, 0.5) is 11.5 Å². The van der Waals surface area contributed by atoms with Gasteiger partial charge in [-0.05, 0) is 6.07 Å². The highest BCUT2D eigenvalue weighted by atomic mass is 35.5. The summed E-state index contributed by atoms with van der Waals surface area (Å²) in [6, 6.07) is 1.80. The highest BCUT2D eigenvalue weighted by Crippen LogP contribution is 2.32. The van der Waals surface area contributed by atoms with Crippen LogP contribution in [0.3, 0.4) is 0 Å². The monoisotopic (exact) mass is 253 g/mol. The second-order valence-electron chi connectivity index (χ2n) is 4.20. The van der Waals surface area contributed by atoms with Gasteiger partial charge in [0.25, 0.3) is 0 Å². The van der Waals surface area contributed by atoms with Gasteiger partial charge in [-0.3, -0.25) is 4.79 Å². The molecular weight excluding hydrogens is 242 g/mol. The number of carbonyl (C=O) groups excluding carboxylic acids is 1. The maximum Gasteiger partial charge on any atom is 0.226 e. The van der Waals surface area contributed by atoms with E-state index in [-0.39, 0.29) is 11.9 Å². The molecule has 1 aromatic heterocycles. The van der Waals surface area contributed by atoms with Gasteiger partial charge < -0.3 is 15.0 Å². The van der Waals surface area contributed by atoms with Gasteiger partial charge in [0.15, 0.2) is 5.82 Å². The Morgan fingerprint density at radius 1 is 1.59 bits per heavy atom. The van der Waals surface area contributed by atoms with Gasteiger partial charge in [-0.2, -0.15) is 0 Å². The van der Waals surface area contributed by atoms with Crippen molar-refractivity contribution in [3.8, 4) is 0 Å². The molecule has 3 rings (SSSR count). The maximum absolute atomic E-state index is 11.7. The molecule has 0 saturated carbocycles. The molecule has 3 heterocycles. The minimum Gasteiger partial charge on any atom is -0.377 e. The number of fused-ring (bicyclic) bond motifs is 3. The first-order valence-electron chi connectivity index (χ1n) is 5.54. The first-order valence-corrected chi connectivity index (χ1v) is 5.91. The van der Waals surface area contributed by atoms with Gasteiger partial charge in [-0.25, -0.2) is 4.98 Å². The van der Waals surface area contributed by atoms with Crippen molar-refractivity contribution in [2.45, 2.75) is 12.5 Å². The normalized spacial score (nSPS) is 23.5. The Labute approximate surface area is 104 Å². The molecule has 2 aliphatic rings. The van der Waals surface area contributed by atoms with Crippen LogP contribution in [0.2, 0.25) is 5.02 Å². The summed E-state index contributed by atoms with van der Waals surface area (Å²) >= 11 is 5.90. The second kappa shape index (κ2) is 4.16. The van der Waals surface area contributed by atoms with E-state index in [1.807, 2.05) is 0 Å². The fraction of sp³-hybridized carbons (Fsp3) is 0.455. The maximum atomic E-state index is 11.7. The van der Waals surface area contributed by atoms with E-state index in [1.54, 1.807) is 12.3 Å². The molecule has 1 fully saturated rings. The van der Waals surface area contributed by atoms with E-state index in [0.29, 0.717) is 30.3 Å². The van der Waals surface area contributed by atoms with Crippen molar-refractivity contribution < 1.29 is 9.53 Å². The molecule has 0 aromatic carbocycles. The predicted octanol–water partition coefficient (Wildman–Crippen LogP) is 1.28. The Hall–Kier alpha value is -1.33. The fourth-order valence-corrected chi connectivity index (χ4v) is 2.43. The number of carbonyl (C=O) groups is 1. The third-order valence-corrected chi connectivity index (χ3v) is 3.23. The molecule has 0 spiro atoms. The van der Waals surface area contributed by atoms with Crippen molar-refractivity contribution in [2.24, 2.45) is 0 Å². The number of rotatable bonds is 0. The first-order chi connectivity index (χ1) is 8.24. The lowest BCUT2D eigenvalue weighted by atomic mass is 10.1. The minimum atomic E-state index is -0.0201. The summed E-state index contributed by atoms with van der Waals surface area (Å²) in [6.07, 6.45) is 2.03. The molecule has 1 N–H and O–H groups in total. The van der Waals surface area contributed by atoms with E-state index in [4.69, 9.17) is 16.3 Å². The Balaban J connectivity index is 2.05. The summed E-state index contributed by atoms with van der Waals surface area (Å²) in [4.78, 5) is 18.2. The summed E-state index contributed by atoms with van der Waals surface area (Å²) in [6.45, 7) is 1.98. The van der Waals surface area contributed by atoms with Crippen LogP contribution >= 0.6 is 11.6 Å². The Morgan fingerprint density at radius 2 is 2.47 bits per heavy atom. The number of hydrogen-bond acceptors (Lipinski definition) is 4. The van der Waals surface area contributed by atoms with Gasteiger partial charge in [0.2, 0.25) is 5.91 Å². The minimum absolute atomic E-state index is 0.0201. The van der Waals surface area contributed by atoms with Gasteiger partial charge in [0.1, 0.15) is 0 Å². The lowest BCUT2D eigenvalue weighted by molar-refractivity contribution is -0.116. The van der Waals surface area contributed by atoms with Gasteiger partial charge in [-0.15, -0.1) is 0 Å². The second-order valence-corrected chi connectivity index (χ2v) is 4.64. The van der Waals surface area contributed by atoms with Crippen molar-refractivity contribution in [2.75, 3.05) is 30.0 Å². The molecule has 6 heteroatoms. The van der Waals surface area contributed by atoms with Crippen molar-refractivity contribution in [1.82, 2.24) is 4.98 Å². The highest BCUT2D eigenvalue weighted by Gasteiger charge is 2.31. The smallest absolute Gasteiger partial charge is 0.226 e. The van der Waals surface area contributed by atoms with Crippen LogP contribution in [0.5, 0.6) is 0 Å². The fourth-order valence-electron chi connectivity index (χ4n) is 2.27. The van der Waals surface area contributed by atoms with E-state index < -0.39 is 0 Å². The zero-order valence-electron chi connectivity index (χ0n) is 9.15. The van der Waals surface area contributed by atoms with Gasteiger partial charge >= 0.3 is 0 Å². The van der Waals surface area contributed by atoms with Crippen LogP contribution in [0.15, 0.2) is 12.3 Å². The lowest BCUT2D eigenvalue weighted by Gasteiger charge is -2.34. The summed E-state index contributed by atoms with van der Waals surface area (Å²) < 4.78 is 5.41. The third-order valence-electron chi connectivity index (χ3n) is 3.03. The van der Waals surface area contributed by atoms with Crippen LogP contribution in [-0.2, 0) is 9.53 Å². The standard InChI is InChI=1S/C11H12ClN3O2/c12-7-3-9-11(13-5-7)15-1-2-17-6-8(15)4-10(16)14-9/h3,5,8H,1-2,4,6H2,(H,14,16). The van der Waals surface area contributed by atoms with Gasteiger partial charge in [0, 0.05) is 19.2 Å². The molecule has 1 saturated heterocycles. The van der Waals surface area contributed by atoms with Crippen LogP contribution < -0.4 is 10.2 Å². The number of pyridine rings is 1. The van der Waals surface area contributed by atoms with Gasteiger partial charge in [-0.1, -0.05) is 11.6 Å². The molecule has 5 nitrogen and oxygen atoms in total. The molecule has 0 aliphatic carbocycles. The summed E-state index contributed by atoms with van der Waals surface area (Å²) in [5.74, 6) is 0.766. The molecule has 1 aromatic rings. The van der Waals surface area contributed by atoms with E-state index in [1.165, 1.54) is 0 Å². The number of anilines is 2. The average molecular weight is 254 g/mol. The van der Waals surface area contributed by atoms with Crippen molar-refractivity contribution in [3.05, 3.63) is 17.3 Å². The predicted molar refractivity (Wildman–Crippen MR) is 64.4 cm³/mol. The van der Waals surface area contributed by atoms with Crippen molar-refractivity contribution in [1.29, 1.82) is 0 Å². The Morgan fingerprint density at radius 3 is 3.35 bits per heavy atom. The highest BCUT2D eigenvalue weighted by molar-refractivity contribution is 6.31. The number of amides is 1. The molecular formula is C11H12ClN3O2. The topological polar surface area (TPSA) is 54.5 Å². The zero-order valence-corrected chi connectivity index (χ0v) is 9.91. The number of halogens is 1. The number of hydrogen-bond donors (Lipinski definition) is 1. The number of nitrogens with zero attached hydrogens (tertiary/aromatic N) is 2. The van der Waals surface area contributed by atoms with Gasteiger partial charge in [0.05, 0.1) is 30.0 Å². The molecule has 0 bridgehead atoms. The molecule has 1 atom stereocenters. The van der Waals surface area contributed by atoms with E-state index >= 15 is 0 Å². The molecule has 0 radical (unpaired) electrons. The molecule has 2 aliphatic heterocycles. The summed E-state index contributed by atoms with van der Waals surface area (Å²) in [5, 5.41) is 3.36. The number of aromatic nitrogens is 1. The average Bonchev–Trinajstić information content (AvgIpc) is 2.43.